The largest absolute Gasteiger partial charge is 0.487 e. The highest BCUT2D eigenvalue weighted by molar-refractivity contribution is 5.36. The fraction of sp³-hybridized carbons (Fsp3) is 0.462. The summed E-state index contributed by atoms with van der Waals surface area (Å²) >= 11 is 0. The van der Waals surface area contributed by atoms with Crippen LogP contribution in [0.15, 0.2) is 18.2 Å². The highest BCUT2D eigenvalue weighted by Gasteiger charge is 2.21. The van der Waals surface area contributed by atoms with Gasteiger partial charge in [0.25, 0.3) is 0 Å². The molecule has 1 aliphatic carbocycles. The molecule has 90 valence electrons. The molecule has 1 aromatic carbocycles. The van der Waals surface area contributed by atoms with Gasteiger partial charge in [-0.2, -0.15) is 5.26 Å². The van der Waals surface area contributed by atoms with E-state index in [1.54, 1.807) is 6.07 Å². The average molecular weight is 234 g/mol. The van der Waals surface area contributed by atoms with Crippen LogP contribution in [-0.4, -0.2) is 12.1 Å². The Hall–Kier alpha value is -1.60. The molecule has 1 saturated carbocycles. The SMILES string of the molecule is N#Cc1ccc(OC2CCCC(N)C2)c(F)c1. The molecule has 3 nitrogen and oxygen atoms in total. The van der Waals surface area contributed by atoms with Gasteiger partial charge in [-0.25, -0.2) is 4.39 Å². The molecule has 2 atom stereocenters. The summed E-state index contributed by atoms with van der Waals surface area (Å²) in [5.41, 5.74) is 6.15. The van der Waals surface area contributed by atoms with Crippen molar-refractivity contribution in [3.05, 3.63) is 29.6 Å². The monoisotopic (exact) mass is 234 g/mol. The van der Waals surface area contributed by atoms with Gasteiger partial charge in [-0.15, -0.1) is 0 Å². The molecule has 2 rings (SSSR count). The Morgan fingerprint density at radius 1 is 1.41 bits per heavy atom. The predicted octanol–water partition coefficient (Wildman–Crippen LogP) is 2.35. The molecule has 2 N–H and O–H groups in total. The molecule has 0 amide bonds. The second kappa shape index (κ2) is 5.15. The number of nitrogens with zero attached hydrogens (tertiary/aromatic N) is 1. The minimum Gasteiger partial charge on any atom is -0.487 e. The molecule has 0 saturated heterocycles. The van der Waals surface area contributed by atoms with Crippen molar-refractivity contribution < 1.29 is 9.13 Å². The Bertz CT molecular complexity index is 442. The number of ether oxygens (including phenoxy) is 1. The van der Waals surface area contributed by atoms with E-state index >= 15 is 0 Å². The van der Waals surface area contributed by atoms with Crippen LogP contribution in [0.3, 0.4) is 0 Å². The first-order valence-electron chi connectivity index (χ1n) is 5.81. The number of nitriles is 1. The van der Waals surface area contributed by atoms with Crippen LogP contribution in [0.25, 0.3) is 0 Å². The third kappa shape index (κ3) is 2.95. The van der Waals surface area contributed by atoms with Gasteiger partial charge in [-0.1, -0.05) is 0 Å². The summed E-state index contributed by atoms with van der Waals surface area (Å²) in [5.74, 6) is -0.272. The lowest BCUT2D eigenvalue weighted by Gasteiger charge is -2.27. The van der Waals surface area contributed by atoms with E-state index in [9.17, 15) is 4.39 Å². The van der Waals surface area contributed by atoms with Gasteiger partial charge in [0, 0.05) is 6.04 Å². The molecule has 1 aliphatic rings. The lowest BCUT2D eigenvalue weighted by molar-refractivity contribution is 0.139. The lowest BCUT2D eigenvalue weighted by atomic mass is 9.93. The van der Waals surface area contributed by atoms with E-state index in [1.807, 2.05) is 6.07 Å². The number of nitrogens with two attached hydrogens (primary N) is 1. The summed E-state index contributed by atoms with van der Waals surface area (Å²) in [5, 5.41) is 8.64. The fourth-order valence-electron chi connectivity index (χ4n) is 2.13. The maximum atomic E-state index is 13.6. The van der Waals surface area contributed by atoms with Crippen LogP contribution in [0.4, 0.5) is 4.39 Å². The van der Waals surface area contributed by atoms with Crippen LogP contribution in [-0.2, 0) is 0 Å². The van der Waals surface area contributed by atoms with E-state index < -0.39 is 5.82 Å². The maximum Gasteiger partial charge on any atom is 0.166 e. The normalized spacial score (nSPS) is 24.1. The molecule has 17 heavy (non-hydrogen) atoms. The van der Waals surface area contributed by atoms with Crippen LogP contribution < -0.4 is 10.5 Å². The first kappa shape index (κ1) is 11.9. The summed E-state index contributed by atoms with van der Waals surface area (Å²) in [6, 6.07) is 6.30. The summed E-state index contributed by atoms with van der Waals surface area (Å²) < 4.78 is 19.2. The van der Waals surface area contributed by atoms with Crippen molar-refractivity contribution in [3.63, 3.8) is 0 Å². The molecule has 0 heterocycles. The van der Waals surface area contributed by atoms with Crippen molar-refractivity contribution in [2.75, 3.05) is 0 Å². The summed E-state index contributed by atoms with van der Waals surface area (Å²) in [4.78, 5) is 0. The van der Waals surface area contributed by atoms with Crippen molar-refractivity contribution in [2.45, 2.75) is 37.8 Å². The molecular weight excluding hydrogens is 219 g/mol. The second-order valence-corrected chi connectivity index (χ2v) is 4.42. The highest BCUT2D eigenvalue weighted by Crippen LogP contribution is 2.25. The van der Waals surface area contributed by atoms with Crippen LogP contribution in [0.1, 0.15) is 31.2 Å². The van der Waals surface area contributed by atoms with Crippen molar-refractivity contribution in [1.82, 2.24) is 0 Å². The maximum absolute atomic E-state index is 13.6. The van der Waals surface area contributed by atoms with Gasteiger partial charge in [-0.05, 0) is 43.9 Å². The Balaban J connectivity index is 2.06. The van der Waals surface area contributed by atoms with Gasteiger partial charge < -0.3 is 10.5 Å². The van der Waals surface area contributed by atoms with Gasteiger partial charge in [0.05, 0.1) is 11.6 Å². The third-order valence-corrected chi connectivity index (χ3v) is 3.02. The van der Waals surface area contributed by atoms with Crippen molar-refractivity contribution in [2.24, 2.45) is 5.73 Å². The molecular formula is C13H15FN2O. The van der Waals surface area contributed by atoms with Crippen LogP contribution >= 0.6 is 0 Å². The molecule has 4 heteroatoms. The number of hydrogen-bond donors (Lipinski definition) is 1. The Morgan fingerprint density at radius 2 is 2.24 bits per heavy atom. The quantitative estimate of drug-likeness (QED) is 0.854. The zero-order chi connectivity index (χ0) is 12.3. The number of benzene rings is 1. The van der Waals surface area contributed by atoms with E-state index in [4.69, 9.17) is 15.7 Å². The van der Waals surface area contributed by atoms with Crippen LogP contribution in [0, 0.1) is 17.1 Å². The average Bonchev–Trinajstić information content (AvgIpc) is 2.32. The lowest BCUT2D eigenvalue weighted by Crippen LogP contribution is -2.33. The summed E-state index contributed by atoms with van der Waals surface area (Å²) in [6.07, 6.45) is 3.69. The Labute approximate surface area is 100.0 Å². The number of halogens is 1. The molecule has 0 radical (unpaired) electrons. The number of rotatable bonds is 2. The van der Waals surface area contributed by atoms with Crippen LogP contribution in [0.2, 0.25) is 0 Å². The fourth-order valence-corrected chi connectivity index (χ4v) is 2.13. The van der Waals surface area contributed by atoms with Gasteiger partial charge in [0.2, 0.25) is 0 Å². The molecule has 0 aliphatic heterocycles. The van der Waals surface area contributed by atoms with E-state index in [2.05, 4.69) is 0 Å². The molecule has 0 spiro atoms. The second-order valence-electron chi connectivity index (χ2n) is 4.42. The smallest absolute Gasteiger partial charge is 0.166 e. The first-order valence-corrected chi connectivity index (χ1v) is 5.81. The third-order valence-electron chi connectivity index (χ3n) is 3.02. The summed E-state index contributed by atoms with van der Waals surface area (Å²) in [6.45, 7) is 0. The Morgan fingerprint density at radius 3 is 2.88 bits per heavy atom. The molecule has 0 bridgehead atoms. The standard InChI is InChI=1S/C13H15FN2O/c14-12-6-9(8-15)4-5-13(12)17-11-3-1-2-10(16)7-11/h4-6,10-11H,1-3,7,16H2. The molecule has 0 aromatic heterocycles. The van der Waals surface area contributed by atoms with Crippen molar-refractivity contribution in [1.29, 1.82) is 5.26 Å². The minimum atomic E-state index is -0.483. The van der Waals surface area contributed by atoms with E-state index in [1.165, 1.54) is 12.1 Å². The van der Waals surface area contributed by atoms with Crippen LogP contribution in [0.5, 0.6) is 5.75 Å². The minimum absolute atomic E-state index is 0.0128. The topological polar surface area (TPSA) is 59.0 Å². The summed E-state index contributed by atoms with van der Waals surface area (Å²) in [7, 11) is 0. The molecule has 1 aromatic rings. The van der Waals surface area contributed by atoms with Gasteiger partial charge in [0.15, 0.2) is 11.6 Å². The zero-order valence-corrected chi connectivity index (χ0v) is 9.53. The van der Waals surface area contributed by atoms with Gasteiger partial charge in [0.1, 0.15) is 6.10 Å². The zero-order valence-electron chi connectivity index (χ0n) is 9.53. The molecule has 2 unspecified atom stereocenters. The van der Waals surface area contributed by atoms with E-state index in [0.29, 0.717) is 5.56 Å². The molecule has 1 fully saturated rings. The van der Waals surface area contributed by atoms with E-state index in [0.717, 1.165) is 25.7 Å². The van der Waals surface area contributed by atoms with Gasteiger partial charge in [-0.3, -0.25) is 0 Å². The number of hydrogen-bond acceptors (Lipinski definition) is 3. The predicted molar refractivity (Wildman–Crippen MR) is 62.0 cm³/mol. The van der Waals surface area contributed by atoms with Gasteiger partial charge >= 0.3 is 0 Å². The van der Waals surface area contributed by atoms with E-state index in [-0.39, 0.29) is 17.9 Å². The van der Waals surface area contributed by atoms with Crippen molar-refractivity contribution >= 4 is 0 Å². The highest BCUT2D eigenvalue weighted by atomic mass is 19.1. The Kier molecular flexibility index (Phi) is 3.60. The van der Waals surface area contributed by atoms with Crippen molar-refractivity contribution in [3.8, 4) is 11.8 Å². The first-order chi connectivity index (χ1) is 8.19.